The molecule has 70 valence electrons. The van der Waals surface area contributed by atoms with E-state index in [1.807, 2.05) is 0 Å². The average Bonchev–Trinajstić information content (AvgIpc) is 1.93. The van der Waals surface area contributed by atoms with Crippen LogP contribution < -0.4 is 0 Å². The molecule has 0 spiro atoms. The van der Waals surface area contributed by atoms with Gasteiger partial charge in [-0.2, -0.15) is 0 Å². The van der Waals surface area contributed by atoms with E-state index in [1.54, 1.807) is 0 Å². The van der Waals surface area contributed by atoms with E-state index in [9.17, 15) is 0 Å². The van der Waals surface area contributed by atoms with Gasteiger partial charge in [-0.15, -0.1) is 0 Å². The molecule has 0 aromatic carbocycles. The second-order valence-electron chi connectivity index (χ2n) is 3.25. The van der Waals surface area contributed by atoms with Crippen molar-refractivity contribution in [3.05, 3.63) is 0 Å². The molecule has 0 N–H and O–H groups in total. The Labute approximate surface area is 78.3 Å². The Morgan fingerprint density at radius 1 is 0.917 bits per heavy atom. The van der Waals surface area contributed by atoms with E-state index in [2.05, 4.69) is 9.84 Å². The second kappa shape index (κ2) is 3.79. The van der Waals surface area contributed by atoms with Gasteiger partial charge >= 0.3 is 78.1 Å². The number of nitrogens with zero attached hydrogens (tertiary/aromatic N) is 1. The van der Waals surface area contributed by atoms with E-state index < -0.39 is 19.6 Å². The SMILES string of the molecule is [CH3][Sn]12[O]CCN(CC[O]1)CC[O]2. The minimum atomic E-state index is -2.94. The van der Waals surface area contributed by atoms with Crippen molar-refractivity contribution in [3.8, 4) is 0 Å². The van der Waals surface area contributed by atoms with Crippen LogP contribution in [-0.2, 0) is 9.22 Å². The van der Waals surface area contributed by atoms with Gasteiger partial charge in [0.25, 0.3) is 0 Å². The Morgan fingerprint density at radius 3 is 1.75 bits per heavy atom. The van der Waals surface area contributed by atoms with Gasteiger partial charge in [0, 0.05) is 0 Å². The van der Waals surface area contributed by atoms with E-state index in [4.69, 9.17) is 9.22 Å². The third-order valence-corrected chi connectivity index (χ3v) is 8.55. The van der Waals surface area contributed by atoms with Crippen LogP contribution in [0.4, 0.5) is 0 Å². The molecule has 0 atom stereocenters. The van der Waals surface area contributed by atoms with Crippen molar-refractivity contribution in [1.29, 1.82) is 0 Å². The first-order valence-corrected chi connectivity index (χ1v) is 10.8. The van der Waals surface area contributed by atoms with Gasteiger partial charge in [0.05, 0.1) is 0 Å². The monoisotopic (exact) mass is 281 g/mol. The maximum absolute atomic E-state index is 5.67. The van der Waals surface area contributed by atoms with Gasteiger partial charge in [0.1, 0.15) is 0 Å². The molecule has 0 unspecified atom stereocenters. The van der Waals surface area contributed by atoms with Gasteiger partial charge in [-0.3, -0.25) is 0 Å². The molecule has 0 radical (unpaired) electrons. The first-order valence-electron chi connectivity index (χ1n) is 4.43. The van der Waals surface area contributed by atoms with Crippen LogP contribution in [-0.4, -0.2) is 64.0 Å². The minimum absolute atomic E-state index is 0.784. The van der Waals surface area contributed by atoms with Crippen LogP contribution >= 0.6 is 0 Å². The Hall–Kier alpha value is 0.639. The normalized spacial score (nSPS) is 43.2. The molecule has 12 heavy (non-hydrogen) atoms. The third-order valence-electron chi connectivity index (χ3n) is 2.32. The maximum atomic E-state index is 5.67. The van der Waals surface area contributed by atoms with Crippen LogP contribution in [0, 0.1) is 0 Å². The summed E-state index contributed by atoms with van der Waals surface area (Å²) in [6.45, 7) is 5.48. The zero-order chi connectivity index (χ0) is 8.44. The van der Waals surface area contributed by atoms with E-state index in [0.717, 1.165) is 39.5 Å². The molecule has 0 amide bonds. The summed E-state index contributed by atoms with van der Waals surface area (Å²) >= 11 is -2.94. The molecule has 3 heterocycles. The molecule has 3 saturated heterocycles. The quantitative estimate of drug-likeness (QED) is 0.581. The predicted octanol–water partition coefficient (Wildman–Crippen LogP) is -0.0659. The molecule has 3 rings (SSSR count). The van der Waals surface area contributed by atoms with Crippen LogP contribution in [0.15, 0.2) is 0 Å². The van der Waals surface area contributed by atoms with Crippen LogP contribution in [0.2, 0.25) is 4.94 Å². The summed E-state index contributed by atoms with van der Waals surface area (Å²) in [5.41, 5.74) is 0. The standard InChI is InChI=1S/C6H12NO3.CH3.Sn/c8-4-1-7(2-5-9)3-6-10;;/h1-6H2;1H3;/q-3;;+3. The molecule has 0 aromatic heterocycles. The van der Waals surface area contributed by atoms with Gasteiger partial charge in [0.2, 0.25) is 0 Å². The first-order chi connectivity index (χ1) is 5.79. The molecule has 3 aliphatic heterocycles. The van der Waals surface area contributed by atoms with Gasteiger partial charge in [-0.05, 0) is 0 Å². The van der Waals surface area contributed by atoms with Crippen LogP contribution in [0.5, 0.6) is 0 Å². The van der Waals surface area contributed by atoms with E-state index in [0.29, 0.717) is 0 Å². The topological polar surface area (TPSA) is 30.9 Å². The number of rotatable bonds is 0. The summed E-state index contributed by atoms with van der Waals surface area (Å²) in [6, 6.07) is 0. The van der Waals surface area contributed by atoms with Crippen molar-refractivity contribution in [1.82, 2.24) is 4.90 Å². The van der Waals surface area contributed by atoms with Crippen molar-refractivity contribution in [2.75, 3.05) is 39.5 Å². The van der Waals surface area contributed by atoms with Gasteiger partial charge in [0.15, 0.2) is 0 Å². The molecule has 3 fully saturated rings. The Bertz CT molecular complexity index is 140. The van der Waals surface area contributed by atoms with Crippen LogP contribution in [0.25, 0.3) is 0 Å². The molecular weight excluding hydrogens is 265 g/mol. The van der Waals surface area contributed by atoms with Crippen molar-refractivity contribution >= 4 is 19.6 Å². The molecule has 2 bridgehead atoms. The van der Waals surface area contributed by atoms with Crippen LogP contribution in [0.1, 0.15) is 0 Å². The fraction of sp³-hybridized carbons (Fsp3) is 1.00. The first kappa shape index (κ1) is 9.20. The second-order valence-corrected chi connectivity index (χ2v) is 10.6. The molecule has 0 aliphatic carbocycles. The van der Waals surface area contributed by atoms with Gasteiger partial charge in [-0.1, -0.05) is 0 Å². The molecule has 0 aromatic rings. The molecule has 0 saturated carbocycles. The van der Waals surface area contributed by atoms with Crippen molar-refractivity contribution in [2.24, 2.45) is 0 Å². The van der Waals surface area contributed by atoms with E-state index in [-0.39, 0.29) is 0 Å². The summed E-state index contributed by atoms with van der Waals surface area (Å²) in [6.07, 6.45) is 0. The number of hydrogen-bond acceptors (Lipinski definition) is 4. The predicted molar refractivity (Wildman–Crippen MR) is 45.9 cm³/mol. The van der Waals surface area contributed by atoms with Crippen molar-refractivity contribution in [3.63, 3.8) is 0 Å². The molecule has 4 nitrogen and oxygen atoms in total. The summed E-state index contributed by atoms with van der Waals surface area (Å²) in [4.78, 5) is 4.38. The fourth-order valence-electron chi connectivity index (χ4n) is 1.54. The van der Waals surface area contributed by atoms with E-state index in [1.165, 1.54) is 0 Å². The molecule has 3 aliphatic rings. The van der Waals surface area contributed by atoms with Crippen molar-refractivity contribution < 1.29 is 9.22 Å². The molecule has 5 heteroatoms. The molecular formula is C7H15NO3Sn. The Morgan fingerprint density at radius 2 is 1.33 bits per heavy atom. The summed E-state index contributed by atoms with van der Waals surface area (Å²) in [5, 5.41) is 0. The Kier molecular flexibility index (Phi) is 2.91. The van der Waals surface area contributed by atoms with Crippen LogP contribution in [0.3, 0.4) is 0 Å². The van der Waals surface area contributed by atoms with Gasteiger partial charge in [-0.25, -0.2) is 0 Å². The van der Waals surface area contributed by atoms with Gasteiger partial charge < -0.3 is 0 Å². The average molecular weight is 280 g/mol. The number of fused-ring (bicyclic) bond motifs is 6. The van der Waals surface area contributed by atoms with E-state index >= 15 is 0 Å². The third kappa shape index (κ3) is 2.11. The zero-order valence-corrected chi connectivity index (χ0v) is 10.3. The van der Waals surface area contributed by atoms with Crippen molar-refractivity contribution in [2.45, 2.75) is 4.94 Å². The zero-order valence-electron chi connectivity index (χ0n) is 7.41. The Balaban J connectivity index is 2.06. The summed E-state index contributed by atoms with van der Waals surface area (Å²) in [5.74, 6) is 0. The number of hydrogen-bond donors (Lipinski definition) is 0. The summed E-state index contributed by atoms with van der Waals surface area (Å²) < 4.78 is 17.0. The summed E-state index contributed by atoms with van der Waals surface area (Å²) in [7, 11) is 0. The fourth-order valence-corrected chi connectivity index (χ4v) is 6.21.